The van der Waals surface area contributed by atoms with E-state index in [0.29, 0.717) is 0 Å². The van der Waals surface area contributed by atoms with Crippen LogP contribution in [0.25, 0.3) is 0 Å². The molecule has 2 atom stereocenters. The number of carboxylic acids is 2. The molecule has 0 aromatic carbocycles. The summed E-state index contributed by atoms with van der Waals surface area (Å²) in [5, 5.41) is 16.8. The van der Waals surface area contributed by atoms with Crippen LogP contribution in [0.2, 0.25) is 0 Å². The molecule has 0 fully saturated rings. The Bertz CT molecular complexity index is 197. The van der Waals surface area contributed by atoms with Gasteiger partial charge in [0.25, 0.3) is 0 Å². The Kier molecular flexibility index (Phi) is 12.1. The molecular weight excluding hydrogens is 268 g/mol. The molecule has 15 heavy (non-hydrogen) atoms. The number of nitrogens with two attached hydrogens (primary N) is 2. The summed E-state index contributed by atoms with van der Waals surface area (Å²) in [7, 11) is 2.41. The molecule has 0 spiro atoms. The first-order chi connectivity index (χ1) is 6.45. The zero-order chi connectivity index (χ0) is 11.1. The third-order valence-corrected chi connectivity index (χ3v) is 3.69. The van der Waals surface area contributed by atoms with E-state index in [2.05, 4.69) is 0 Å². The van der Waals surface area contributed by atoms with Crippen molar-refractivity contribution < 1.29 is 19.8 Å². The molecule has 0 aromatic rings. The Balaban J connectivity index is 0. The average molecular weight is 282 g/mol. The first kappa shape index (κ1) is 18.2. The quantitative estimate of drug-likeness (QED) is 0.247. The summed E-state index contributed by atoms with van der Waals surface area (Å²) in [6.45, 7) is 0. The van der Waals surface area contributed by atoms with Gasteiger partial charge in [0, 0.05) is 11.5 Å². The molecule has 0 saturated heterocycles. The first-order valence-electron chi connectivity index (χ1n) is 3.66. The number of carboxylic acid groups (broad SMARTS) is 2. The van der Waals surface area contributed by atoms with Gasteiger partial charge in [-0.2, -0.15) is 0 Å². The number of rotatable bonds is 7. The maximum absolute atomic E-state index is 10.3. The van der Waals surface area contributed by atoms with Crippen LogP contribution in [0, 0.1) is 0 Å². The molecule has 86 valence electrons. The van der Waals surface area contributed by atoms with Gasteiger partial charge in [0.2, 0.25) is 0 Å². The van der Waals surface area contributed by atoms with Crippen molar-refractivity contribution in [2.75, 3.05) is 11.5 Å². The van der Waals surface area contributed by atoms with Gasteiger partial charge in [-0.3, -0.25) is 9.59 Å². The van der Waals surface area contributed by atoms with Crippen molar-refractivity contribution in [3.63, 3.8) is 0 Å². The zero-order valence-electron chi connectivity index (χ0n) is 7.25. The van der Waals surface area contributed by atoms with E-state index in [1.54, 1.807) is 0 Å². The minimum atomic E-state index is -1.07. The van der Waals surface area contributed by atoms with Crippen molar-refractivity contribution >= 4 is 71.3 Å². The van der Waals surface area contributed by atoms with Gasteiger partial charge in [-0.05, 0) is 0 Å². The number of aliphatic carboxylic acids is 2. The summed E-state index contributed by atoms with van der Waals surface area (Å²) in [5.74, 6) is -1.68. The van der Waals surface area contributed by atoms with Gasteiger partial charge in [-0.1, -0.05) is 21.6 Å². The fourth-order valence-electron chi connectivity index (χ4n) is 0.385. The Labute approximate surface area is 125 Å². The average Bonchev–Trinajstić information content (AvgIpc) is 2.11. The fourth-order valence-corrected chi connectivity index (χ4v) is 2.61. The van der Waals surface area contributed by atoms with Crippen LogP contribution in [-0.4, -0.2) is 83.5 Å². The molecule has 0 amide bonds. The molecule has 0 aromatic heterocycles. The topological polar surface area (TPSA) is 127 Å². The molecule has 0 unspecified atom stereocenters. The van der Waals surface area contributed by atoms with E-state index < -0.39 is 24.0 Å². The van der Waals surface area contributed by atoms with Gasteiger partial charge in [-0.25, -0.2) is 0 Å². The summed E-state index contributed by atoms with van der Waals surface area (Å²) in [6, 6.07) is -1.85. The van der Waals surface area contributed by atoms with Crippen molar-refractivity contribution in [1.29, 1.82) is 0 Å². The molecule has 9 heteroatoms. The van der Waals surface area contributed by atoms with Crippen molar-refractivity contribution in [2.24, 2.45) is 11.5 Å². The minimum absolute atomic E-state index is 0. The Morgan fingerprint density at radius 1 is 1.00 bits per heavy atom. The van der Waals surface area contributed by atoms with Crippen LogP contribution in [0.4, 0.5) is 0 Å². The molecular formula is C6H14CaN2O4S2. The van der Waals surface area contributed by atoms with Crippen LogP contribution in [0.1, 0.15) is 0 Å². The molecule has 0 aliphatic rings. The van der Waals surface area contributed by atoms with Crippen LogP contribution in [0.15, 0.2) is 0 Å². The molecule has 0 aliphatic carbocycles. The van der Waals surface area contributed by atoms with E-state index in [0.717, 1.165) is 0 Å². The van der Waals surface area contributed by atoms with Crippen LogP contribution in [0.5, 0.6) is 0 Å². The second kappa shape index (κ2) is 10.0. The molecule has 0 rings (SSSR count). The molecule has 0 aliphatic heterocycles. The number of hydrogen-bond donors (Lipinski definition) is 4. The second-order valence-corrected chi connectivity index (χ2v) is 5.01. The molecule has 0 saturated carbocycles. The van der Waals surface area contributed by atoms with Gasteiger partial charge < -0.3 is 21.7 Å². The normalized spacial score (nSPS) is 13.7. The standard InChI is InChI=1S/C6H12N2O4S2.Ca.2H/c7-3(5(9)10)1-13-14-2-4(8)6(11)12;;;/h3-4H,1-2,7-8H2,(H,9,10)(H,11,12);;;/t3-,4-;;;/m0.../s1. The predicted octanol–water partition coefficient (Wildman–Crippen LogP) is -1.72. The van der Waals surface area contributed by atoms with Crippen LogP contribution in [0.3, 0.4) is 0 Å². The van der Waals surface area contributed by atoms with Crippen LogP contribution < -0.4 is 11.5 Å². The van der Waals surface area contributed by atoms with Gasteiger partial charge >= 0.3 is 49.7 Å². The third-order valence-electron chi connectivity index (χ3n) is 1.21. The fraction of sp³-hybridized carbons (Fsp3) is 0.667. The van der Waals surface area contributed by atoms with Crippen LogP contribution in [-0.2, 0) is 9.59 Å². The van der Waals surface area contributed by atoms with Crippen molar-refractivity contribution in [3.8, 4) is 0 Å². The van der Waals surface area contributed by atoms with Crippen molar-refractivity contribution in [1.82, 2.24) is 0 Å². The summed E-state index contributed by atoms with van der Waals surface area (Å²) in [4.78, 5) is 20.5. The molecule has 0 radical (unpaired) electrons. The van der Waals surface area contributed by atoms with Crippen molar-refractivity contribution in [3.05, 3.63) is 0 Å². The van der Waals surface area contributed by atoms with E-state index in [1.165, 1.54) is 21.6 Å². The zero-order valence-corrected chi connectivity index (χ0v) is 8.88. The van der Waals surface area contributed by atoms with E-state index in [1.807, 2.05) is 0 Å². The molecule has 0 bridgehead atoms. The van der Waals surface area contributed by atoms with Gasteiger partial charge in [0.15, 0.2) is 0 Å². The van der Waals surface area contributed by atoms with Gasteiger partial charge in [-0.15, -0.1) is 0 Å². The third kappa shape index (κ3) is 9.73. The second-order valence-electron chi connectivity index (χ2n) is 2.46. The number of hydrogen-bond acceptors (Lipinski definition) is 6. The first-order valence-corrected chi connectivity index (χ1v) is 6.15. The summed E-state index contributed by atoms with van der Waals surface area (Å²) in [6.07, 6.45) is 0. The van der Waals surface area contributed by atoms with E-state index in [-0.39, 0.29) is 49.2 Å². The summed E-state index contributed by atoms with van der Waals surface area (Å²) >= 11 is 0. The van der Waals surface area contributed by atoms with Crippen molar-refractivity contribution in [2.45, 2.75) is 12.1 Å². The Morgan fingerprint density at radius 3 is 1.47 bits per heavy atom. The Hall–Kier alpha value is 0.820. The predicted molar refractivity (Wildman–Crippen MR) is 64.7 cm³/mol. The maximum atomic E-state index is 10.3. The molecule has 6 N–H and O–H groups in total. The molecule has 0 heterocycles. The monoisotopic (exact) mass is 282 g/mol. The summed E-state index contributed by atoms with van der Waals surface area (Å²) < 4.78 is 0. The van der Waals surface area contributed by atoms with Gasteiger partial charge in [0.05, 0.1) is 0 Å². The van der Waals surface area contributed by atoms with E-state index in [9.17, 15) is 9.59 Å². The number of carbonyl (C=O) groups is 2. The van der Waals surface area contributed by atoms with E-state index >= 15 is 0 Å². The van der Waals surface area contributed by atoms with E-state index in [4.69, 9.17) is 21.7 Å². The van der Waals surface area contributed by atoms with Gasteiger partial charge in [0.1, 0.15) is 12.1 Å². The SMILES string of the molecule is N[C@@H](CSSC[C@H](N)C(=O)O)C(=O)O.[CaH2]. The summed E-state index contributed by atoms with van der Waals surface area (Å²) in [5.41, 5.74) is 10.4. The molecule has 6 nitrogen and oxygen atoms in total. The Morgan fingerprint density at radius 2 is 1.27 bits per heavy atom. The van der Waals surface area contributed by atoms with Crippen LogP contribution >= 0.6 is 21.6 Å².